The number of hydrogen-bond donors (Lipinski definition) is 3. The fraction of sp³-hybridized carbons (Fsp3) is 0.400. The minimum absolute atomic E-state index is 0.0447. The van der Waals surface area contributed by atoms with E-state index in [4.69, 9.17) is 14.6 Å². The molecule has 33 heavy (non-hydrogen) atoms. The third-order valence-electron chi connectivity index (χ3n) is 5.25. The van der Waals surface area contributed by atoms with E-state index in [-0.39, 0.29) is 31.9 Å². The minimum Gasteiger partial charge on any atom is -0.481 e. The lowest BCUT2D eigenvalue weighted by Crippen LogP contribution is -2.42. The van der Waals surface area contributed by atoms with Gasteiger partial charge in [-0.05, 0) is 49.4 Å². The normalized spacial score (nSPS) is 13.4. The van der Waals surface area contributed by atoms with Crippen LogP contribution in [0.25, 0.3) is 11.1 Å². The molecule has 0 spiro atoms. The van der Waals surface area contributed by atoms with Crippen molar-refractivity contribution in [2.75, 3.05) is 13.2 Å². The third-order valence-corrected chi connectivity index (χ3v) is 5.25. The molecular formula is C25H30N2O6. The van der Waals surface area contributed by atoms with Crippen molar-refractivity contribution in [3.8, 4) is 11.1 Å². The molecule has 0 bridgehead atoms. The van der Waals surface area contributed by atoms with Gasteiger partial charge in [-0.2, -0.15) is 0 Å². The number of fused-ring (bicyclic) bond motifs is 3. The molecule has 1 aliphatic carbocycles. The monoisotopic (exact) mass is 454 g/mol. The molecule has 3 N–H and O–H groups in total. The number of alkyl carbamates (subject to hydrolysis) is 2. The zero-order valence-corrected chi connectivity index (χ0v) is 19.1. The van der Waals surface area contributed by atoms with E-state index in [2.05, 4.69) is 22.8 Å². The van der Waals surface area contributed by atoms with Crippen molar-refractivity contribution < 1.29 is 29.0 Å². The Bertz CT molecular complexity index is 968. The standard InChI is InChI=1S/C25H30N2O6/c1-25(2,3)33-24(31)27-16(14-22(28)29)12-13-26-23(30)32-15-21-19-10-6-4-8-17(19)18-9-5-7-11-20(18)21/h4-11,16,21H,12-15H2,1-3H3,(H,26,30)(H,27,31)(H,28,29)/t16-/m0/s1. The lowest BCUT2D eigenvalue weighted by Gasteiger charge is -2.23. The molecule has 2 aromatic rings. The number of hydrogen-bond acceptors (Lipinski definition) is 5. The number of carboxylic acids is 1. The second kappa shape index (κ2) is 10.4. The molecule has 0 heterocycles. The maximum absolute atomic E-state index is 12.3. The van der Waals surface area contributed by atoms with E-state index in [1.165, 1.54) is 0 Å². The van der Waals surface area contributed by atoms with Crippen LogP contribution in [-0.2, 0) is 14.3 Å². The first-order valence-electron chi connectivity index (χ1n) is 10.9. The van der Waals surface area contributed by atoms with E-state index < -0.39 is 29.8 Å². The second-order valence-corrected chi connectivity index (χ2v) is 8.98. The number of carbonyl (C=O) groups excluding carboxylic acids is 2. The average Bonchev–Trinajstić information content (AvgIpc) is 3.04. The molecule has 0 radical (unpaired) electrons. The zero-order valence-electron chi connectivity index (χ0n) is 19.1. The van der Waals surface area contributed by atoms with Crippen molar-refractivity contribution in [1.29, 1.82) is 0 Å². The van der Waals surface area contributed by atoms with Crippen LogP contribution in [0.2, 0.25) is 0 Å². The maximum atomic E-state index is 12.3. The summed E-state index contributed by atoms with van der Waals surface area (Å²) in [5, 5.41) is 14.3. The lowest BCUT2D eigenvalue weighted by molar-refractivity contribution is -0.137. The van der Waals surface area contributed by atoms with Gasteiger partial charge in [0.25, 0.3) is 0 Å². The quantitative estimate of drug-likeness (QED) is 0.549. The Balaban J connectivity index is 1.50. The summed E-state index contributed by atoms with van der Waals surface area (Å²) in [5.74, 6) is -1.10. The molecule has 8 heteroatoms. The first-order valence-corrected chi connectivity index (χ1v) is 10.9. The number of carboxylic acid groups (broad SMARTS) is 1. The van der Waals surface area contributed by atoms with Gasteiger partial charge in [-0.3, -0.25) is 4.79 Å². The van der Waals surface area contributed by atoms with E-state index in [0.29, 0.717) is 0 Å². The molecule has 2 amide bonds. The fourth-order valence-corrected chi connectivity index (χ4v) is 3.91. The average molecular weight is 455 g/mol. The molecule has 0 saturated carbocycles. The summed E-state index contributed by atoms with van der Waals surface area (Å²) in [6.45, 7) is 5.49. The molecule has 176 valence electrons. The number of nitrogens with one attached hydrogen (secondary N) is 2. The van der Waals surface area contributed by atoms with Gasteiger partial charge in [0.1, 0.15) is 12.2 Å². The lowest BCUT2D eigenvalue weighted by atomic mass is 9.98. The Morgan fingerprint density at radius 3 is 2.09 bits per heavy atom. The number of aliphatic carboxylic acids is 1. The topological polar surface area (TPSA) is 114 Å². The summed E-state index contributed by atoms with van der Waals surface area (Å²) < 4.78 is 10.6. The first kappa shape index (κ1) is 24.1. The van der Waals surface area contributed by atoms with Crippen LogP contribution in [0, 0.1) is 0 Å². The second-order valence-electron chi connectivity index (χ2n) is 8.98. The smallest absolute Gasteiger partial charge is 0.407 e. The van der Waals surface area contributed by atoms with Crippen molar-refractivity contribution in [1.82, 2.24) is 10.6 Å². The van der Waals surface area contributed by atoms with Gasteiger partial charge in [-0.15, -0.1) is 0 Å². The summed E-state index contributed by atoms with van der Waals surface area (Å²) in [6.07, 6.45) is -1.36. The van der Waals surface area contributed by atoms with Gasteiger partial charge in [0, 0.05) is 18.5 Å². The molecule has 8 nitrogen and oxygen atoms in total. The minimum atomic E-state index is -1.06. The van der Waals surface area contributed by atoms with Gasteiger partial charge < -0.3 is 25.2 Å². The molecular weight excluding hydrogens is 424 g/mol. The van der Waals surface area contributed by atoms with Crippen LogP contribution in [0.5, 0.6) is 0 Å². The Labute approximate surface area is 193 Å². The van der Waals surface area contributed by atoms with Crippen molar-refractivity contribution in [2.45, 2.75) is 51.2 Å². The molecule has 0 unspecified atom stereocenters. The van der Waals surface area contributed by atoms with E-state index in [1.807, 2.05) is 36.4 Å². The van der Waals surface area contributed by atoms with Crippen molar-refractivity contribution in [2.24, 2.45) is 0 Å². The Kier molecular flexibility index (Phi) is 7.58. The Hall–Kier alpha value is -3.55. The molecule has 0 aliphatic heterocycles. The molecule has 3 rings (SSSR count). The van der Waals surface area contributed by atoms with Crippen LogP contribution in [0.4, 0.5) is 9.59 Å². The van der Waals surface area contributed by atoms with Gasteiger partial charge in [0.05, 0.1) is 6.42 Å². The van der Waals surface area contributed by atoms with Gasteiger partial charge in [-0.1, -0.05) is 48.5 Å². The highest BCUT2D eigenvalue weighted by molar-refractivity contribution is 5.79. The van der Waals surface area contributed by atoms with Gasteiger partial charge in [0.2, 0.25) is 0 Å². The van der Waals surface area contributed by atoms with Gasteiger partial charge in [0.15, 0.2) is 0 Å². The Morgan fingerprint density at radius 2 is 1.55 bits per heavy atom. The van der Waals surface area contributed by atoms with E-state index in [1.54, 1.807) is 20.8 Å². The summed E-state index contributed by atoms with van der Waals surface area (Å²) >= 11 is 0. The number of rotatable bonds is 8. The first-order chi connectivity index (χ1) is 15.6. The number of amides is 2. The summed E-state index contributed by atoms with van der Waals surface area (Å²) in [6, 6.07) is 15.4. The van der Waals surface area contributed by atoms with Crippen LogP contribution >= 0.6 is 0 Å². The van der Waals surface area contributed by atoms with E-state index in [9.17, 15) is 14.4 Å². The summed E-state index contributed by atoms with van der Waals surface area (Å²) in [4.78, 5) is 35.4. The fourth-order valence-electron chi connectivity index (χ4n) is 3.91. The van der Waals surface area contributed by atoms with Crippen LogP contribution in [0.3, 0.4) is 0 Å². The van der Waals surface area contributed by atoms with Crippen molar-refractivity contribution in [3.63, 3.8) is 0 Å². The number of carbonyl (C=O) groups is 3. The predicted molar refractivity (Wildman–Crippen MR) is 123 cm³/mol. The van der Waals surface area contributed by atoms with E-state index >= 15 is 0 Å². The van der Waals surface area contributed by atoms with Gasteiger partial charge >= 0.3 is 18.2 Å². The number of ether oxygens (including phenoxy) is 2. The van der Waals surface area contributed by atoms with Gasteiger partial charge in [-0.25, -0.2) is 9.59 Å². The molecule has 0 aromatic heterocycles. The largest absolute Gasteiger partial charge is 0.481 e. The SMILES string of the molecule is CC(C)(C)OC(=O)N[C@@H](CCNC(=O)OCC1c2ccccc2-c2ccccc21)CC(=O)O. The van der Waals surface area contributed by atoms with Crippen molar-refractivity contribution in [3.05, 3.63) is 59.7 Å². The Morgan fingerprint density at radius 1 is 0.970 bits per heavy atom. The third kappa shape index (κ3) is 6.71. The molecule has 0 fully saturated rings. The van der Waals surface area contributed by atoms with Crippen LogP contribution in [-0.4, -0.2) is 48.1 Å². The maximum Gasteiger partial charge on any atom is 0.407 e. The van der Waals surface area contributed by atoms with Crippen LogP contribution < -0.4 is 10.6 Å². The highest BCUT2D eigenvalue weighted by Crippen LogP contribution is 2.44. The van der Waals surface area contributed by atoms with Crippen LogP contribution in [0.1, 0.15) is 50.7 Å². The highest BCUT2D eigenvalue weighted by atomic mass is 16.6. The molecule has 1 atom stereocenters. The molecule has 2 aromatic carbocycles. The summed E-state index contributed by atoms with van der Waals surface area (Å²) in [5.41, 5.74) is 3.83. The summed E-state index contributed by atoms with van der Waals surface area (Å²) in [7, 11) is 0. The van der Waals surface area contributed by atoms with Crippen molar-refractivity contribution >= 4 is 18.2 Å². The zero-order chi connectivity index (χ0) is 24.0. The van der Waals surface area contributed by atoms with E-state index in [0.717, 1.165) is 22.3 Å². The van der Waals surface area contributed by atoms with Crippen LogP contribution in [0.15, 0.2) is 48.5 Å². The highest BCUT2D eigenvalue weighted by Gasteiger charge is 2.29. The molecule has 1 aliphatic rings. The molecule has 0 saturated heterocycles. The predicted octanol–water partition coefficient (Wildman–Crippen LogP) is 4.28. The number of benzene rings is 2.